The lowest BCUT2D eigenvalue weighted by Gasteiger charge is -2.40. The summed E-state index contributed by atoms with van der Waals surface area (Å²) >= 11 is 0. The van der Waals surface area contributed by atoms with Crippen molar-refractivity contribution in [3.8, 4) is 11.5 Å². The summed E-state index contributed by atoms with van der Waals surface area (Å²) in [7, 11) is 0. The zero-order valence-corrected chi connectivity index (χ0v) is 21.6. The Kier molecular flexibility index (Phi) is 9.21. The molecule has 1 aromatic carbocycles. The number of benzene rings is 1. The molecule has 0 aromatic heterocycles. The molecule has 0 amide bonds. The van der Waals surface area contributed by atoms with Gasteiger partial charge in [0, 0.05) is 17.5 Å². The van der Waals surface area contributed by atoms with Crippen molar-refractivity contribution >= 4 is 0 Å². The van der Waals surface area contributed by atoms with E-state index in [1.54, 1.807) is 0 Å². The summed E-state index contributed by atoms with van der Waals surface area (Å²) in [5, 5.41) is 21.3. The monoisotopic (exact) mass is 440 g/mol. The Labute approximate surface area is 195 Å². The molecule has 0 bridgehead atoms. The predicted octanol–water partition coefficient (Wildman–Crippen LogP) is 8.09. The molecule has 1 aromatic rings. The fourth-order valence-electron chi connectivity index (χ4n) is 4.58. The number of fused-ring (bicyclic) bond motifs is 1. The Morgan fingerprint density at radius 1 is 0.906 bits per heavy atom. The van der Waals surface area contributed by atoms with Gasteiger partial charge in [-0.15, -0.1) is 0 Å². The Morgan fingerprint density at radius 2 is 1.47 bits per heavy atom. The standard InChI is InChI=1S/C29H44O3/c1-19(2)12-9-13-20(3)14-10-15-21(4)16-11-17-29(8)18-25(30)26-24(7)27(31)22(5)23(6)28(26)32-29/h12,14,16,25,30-31H,9-11,13,15,17-18H2,1-8H3/b20-14+,21-16+. The molecule has 0 fully saturated rings. The molecule has 1 heterocycles. The highest BCUT2D eigenvalue weighted by atomic mass is 16.5. The van der Waals surface area contributed by atoms with Crippen LogP contribution in [0.25, 0.3) is 0 Å². The van der Waals surface area contributed by atoms with Crippen molar-refractivity contribution in [2.24, 2.45) is 0 Å². The first kappa shape index (κ1) is 26.3. The van der Waals surface area contributed by atoms with Gasteiger partial charge in [0.1, 0.15) is 17.1 Å². The van der Waals surface area contributed by atoms with Crippen LogP contribution in [0.2, 0.25) is 0 Å². The van der Waals surface area contributed by atoms with Crippen LogP contribution in [0.3, 0.4) is 0 Å². The number of phenols is 1. The first-order chi connectivity index (χ1) is 14.9. The van der Waals surface area contributed by atoms with Crippen LogP contribution >= 0.6 is 0 Å². The van der Waals surface area contributed by atoms with E-state index >= 15 is 0 Å². The third kappa shape index (κ3) is 6.75. The minimum absolute atomic E-state index is 0.271. The van der Waals surface area contributed by atoms with Crippen molar-refractivity contribution in [3.63, 3.8) is 0 Å². The van der Waals surface area contributed by atoms with E-state index < -0.39 is 11.7 Å². The van der Waals surface area contributed by atoms with Gasteiger partial charge in [-0.2, -0.15) is 0 Å². The molecule has 0 saturated heterocycles. The van der Waals surface area contributed by atoms with Crippen LogP contribution in [0, 0.1) is 20.8 Å². The second kappa shape index (κ2) is 11.2. The Balaban J connectivity index is 1.94. The Morgan fingerprint density at radius 3 is 2.06 bits per heavy atom. The average molecular weight is 441 g/mol. The second-order valence-corrected chi connectivity index (χ2v) is 10.2. The molecule has 0 spiro atoms. The fourth-order valence-corrected chi connectivity index (χ4v) is 4.58. The number of rotatable bonds is 9. The third-order valence-electron chi connectivity index (χ3n) is 6.86. The summed E-state index contributed by atoms with van der Waals surface area (Å²) in [5.41, 5.74) is 7.10. The third-order valence-corrected chi connectivity index (χ3v) is 6.86. The molecule has 0 radical (unpaired) electrons. The number of allylic oxidation sites excluding steroid dienone is 6. The lowest BCUT2D eigenvalue weighted by molar-refractivity contribution is -0.00755. The van der Waals surface area contributed by atoms with Gasteiger partial charge in [0.25, 0.3) is 0 Å². The highest BCUT2D eigenvalue weighted by molar-refractivity contribution is 5.59. The van der Waals surface area contributed by atoms with Crippen molar-refractivity contribution in [3.05, 3.63) is 57.2 Å². The van der Waals surface area contributed by atoms with Gasteiger partial charge in [0.2, 0.25) is 0 Å². The summed E-state index contributed by atoms with van der Waals surface area (Å²) in [6.07, 6.45) is 13.2. The number of ether oxygens (including phenoxy) is 1. The van der Waals surface area contributed by atoms with E-state index in [4.69, 9.17) is 4.74 Å². The molecular weight excluding hydrogens is 396 g/mol. The molecule has 0 saturated carbocycles. The van der Waals surface area contributed by atoms with Crippen LogP contribution in [-0.2, 0) is 0 Å². The lowest BCUT2D eigenvalue weighted by Crippen LogP contribution is -2.38. The quantitative estimate of drug-likeness (QED) is 0.381. The van der Waals surface area contributed by atoms with E-state index in [1.807, 2.05) is 20.8 Å². The van der Waals surface area contributed by atoms with Gasteiger partial charge < -0.3 is 14.9 Å². The van der Waals surface area contributed by atoms with Crippen LogP contribution < -0.4 is 4.74 Å². The highest BCUT2D eigenvalue weighted by Crippen LogP contribution is 2.48. The molecule has 1 aliphatic heterocycles. The molecular formula is C29H44O3. The second-order valence-electron chi connectivity index (χ2n) is 10.2. The van der Waals surface area contributed by atoms with Crippen molar-refractivity contribution in [1.82, 2.24) is 0 Å². The maximum Gasteiger partial charge on any atom is 0.129 e. The van der Waals surface area contributed by atoms with Gasteiger partial charge in [0.05, 0.1) is 6.10 Å². The van der Waals surface area contributed by atoms with Crippen molar-refractivity contribution in [1.29, 1.82) is 0 Å². The number of hydrogen-bond donors (Lipinski definition) is 2. The molecule has 32 heavy (non-hydrogen) atoms. The zero-order valence-electron chi connectivity index (χ0n) is 21.6. The maximum atomic E-state index is 10.9. The predicted molar refractivity (Wildman–Crippen MR) is 136 cm³/mol. The molecule has 3 nitrogen and oxygen atoms in total. The minimum Gasteiger partial charge on any atom is -0.507 e. The summed E-state index contributed by atoms with van der Waals surface area (Å²) in [6.45, 7) is 16.6. The number of hydrogen-bond acceptors (Lipinski definition) is 3. The Bertz CT molecular complexity index is 900. The van der Waals surface area contributed by atoms with Crippen LogP contribution in [-0.4, -0.2) is 15.8 Å². The normalized spacial score (nSPS) is 21.2. The maximum absolute atomic E-state index is 10.9. The van der Waals surface area contributed by atoms with Crippen LogP contribution in [0.1, 0.15) is 108 Å². The molecule has 2 N–H and O–H groups in total. The number of aliphatic hydroxyl groups is 1. The molecule has 2 unspecified atom stereocenters. The van der Waals surface area contributed by atoms with Crippen molar-refractivity contribution < 1.29 is 14.9 Å². The highest BCUT2D eigenvalue weighted by Gasteiger charge is 2.39. The number of phenolic OH excluding ortho intramolecular Hbond substituents is 1. The lowest BCUT2D eigenvalue weighted by atomic mass is 9.83. The summed E-state index contributed by atoms with van der Waals surface area (Å²) in [6, 6.07) is 0. The fraction of sp³-hybridized carbons (Fsp3) is 0.586. The molecule has 1 aliphatic rings. The van der Waals surface area contributed by atoms with Gasteiger partial charge in [0.15, 0.2) is 0 Å². The van der Waals surface area contributed by atoms with Crippen LogP contribution in [0.4, 0.5) is 0 Å². The molecule has 2 rings (SSSR count). The Hall–Kier alpha value is -2.00. The van der Waals surface area contributed by atoms with Crippen molar-refractivity contribution in [2.75, 3.05) is 0 Å². The molecule has 178 valence electrons. The van der Waals surface area contributed by atoms with Crippen LogP contribution in [0.5, 0.6) is 11.5 Å². The summed E-state index contributed by atoms with van der Waals surface area (Å²) < 4.78 is 6.47. The van der Waals surface area contributed by atoms with Gasteiger partial charge in [-0.3, -0.25) is 0 Å². The smallest absolute Gasteiger partial charge is 0.129 e. The van der Waals surface area contributed by atoms with Gasteiger partial charge >= 0.3 is 0 Å². The van der Waals surface area contributed by atoms with Crippen LogP contribution in [0.15, 0.2) is 34.9 Å². The van der Waals surface area contributed by atoms with E-state index in [2.05, 4.69) is 52.8 Å². The van der Waals surface area contributed by atoms with E-state index in [9.17, 15) is 10.2 Å². The van der Waals surface area contributed by atoms with E-state index in [0.717, 1.165) is 66.5 Å². The average Bonchev–Trinajstić information content (AvgIpc) is 2.69. The van der Waals surface area contributed by atoms with Gasteiger partial charge in [-0.25, -0.2) is 0 Å². The van der Waals surface area contributed by atoms with Gasteiger partial charge in [-0.05, 0) is 105 Å². The SMILES string of the molecule is CC(C)=CCC/C(C)=C/CC/C(C)=C/CCC1(C)CC(O)c2c(C)c(O)c(C)c(C)c2O1. The summed E-state index contributed by atoms with van der Waals surface area (Å²) in [4.78, 5) is 0. The first-order valence-corrected chi connectivity index (χ1v) is 12.1. The molecule has 2 atom stereocenters. The number of aliphatic hydroxyl groups excluding tert-OH is 1. The topological polar surface area (TPSA) is 49.7 Å². The van der Waals surface area contributed by atoms with E-state index in [-0.39, 0.29) is 5.75 Å². The molecule has 0 aliphatic carbocycles. The minimum atomic E-state index is -0.613. The largest absolute Gasteiger partial charge is 0.507 e. The molecule has 3 heteroatoms. The first-order valence-electron chi connectivity index (χ1n) is 12.1. The van der Waals surface area contributed by atoms with E-state index in [0.29, 0.717) is 6.42 Å². The van der Waals surface area contributed by atoms with Crippen molar-refractivity contribution in [2.45, 2.75) is 112 Å². The summed E-state index contributed by atoms with van der Waals surface area (Å²) in [5.74, 6) is 1.03. The van der Waals surface area contributed by atoms with Gasteiger partial charge in [-0.1, -0.05) is 34.9 Å². The van der Waals surface area contributed by atoms with E-state index in [1.165, 1.54) is 16.7 Å². The number of aromatic hydroxyl groups is 1. The zero-order chi connectivity index (χ0) is 24.1.